The van der Waals surface area contributed by atoms with E-state index in [9.17, 15) is 0 Å². The molecule has 0 radical (unpaired) electrons. The molecule has 0 N–H and O–H groups in total. The molecule has 0 saturated heterocycles. The minimum absolute atomic E-state index is 0.697. The quantitative estimate of drug-likeness (QED) is 0.755. The van der Waals surface area contributed by atoms with Crippen molar-refractivity contribution in [2.24, 2.45) is 12.0 Å². The highest BCUT2D eigenvalue weighted by atomic mass is 32.1. The van der Waals surface area contributed by atoms with Crippen molar-refractivity contribution < 1.29 is 4.52 Å². The minimum Gasteiger partial charge on any atom is -0.354 e. The minimum atomic E-state index is 0.697. The molecular formula is C12H18N4OS. The molecule has 0 bridgehead atoms. The molecule has 0 amide bonds. The number of hydrogen-bond acceptors (Lipinski definition) is 5. The van der Waals surface area contributed by atoms with Crippen molar-refractivity contribution in [2.45, 2.75) is 32.6 Å². The maximum absolute atomic E-state index is 5.09. The molecule has 2 rings (SSSR count). The highest BCUT2D eigenvalue weighted by molar-refractivity contribution is 7.12. The van der Waals surface area contributed by atoms with E-state index in [-0.39, 0.29) is 0 Å². The van der Waals surface area contributed by atoms with Gasteiger partial charge >= 0.3 is 0 Å². The Morgan fingerprint density at radius 3 is 3.00 bits per heavy atom. The van der Waals surface area contributed by atoms with Crippen LogP contribution < -0.4 is 4.80 Å². The van der Waals surface area contributed by atoms with Gasteiger partial charge in [0.1, 0.15) is 0 Å². The van der Waals surface area contributed by atoms with E-state index in [2.05, 4.69) is 22.2 Å². The second-order valence-electron chi connectivity index (χ2n) is 4.13. The summed E-state index contributed by atoms with van der Waals surface area (Å²) in [4.78, 5) is 5.49. The average Bonchev–Trinajstić information content (AvgIpc) is 2.99. The molecule has 0 saturated carbocycles. The summed E-state index contributed by atoms with van der Waals surface area (Å²) in [6.45, 7) is 3.08. The van der Waals surface area contributed by atoms with Crippen molar-refractivity contribution in [3.8, 4) is 10.8 Å². The third-order valence-electron chi connectivity index (χ3n) is 2.61. The van der Waals surface area contributed by atoms with Crippen molar-refractivity contribution in [1.29, 1.82) is 0 Å². The molecule has 0 spiro atoms. The molecule has 2 aromatic rings. The topological polar surface area (TPSA) is 56.2 Å². The molecule has 98 valence electrons. The number of aromatic nitrogens is 3. The van der Waals surface area contributed by atoms with Crippen LogP contribution in [-0.4, -0.2) is 21.5 Å². The summed E-state index contributed by atoms with van der Waals surface area (Å²) in [5.74, 6) is 0.697. The van der Waals surface area contributed by atoms with Gasteiger partial charge in [-0.05, 0) is 6.42 Å². The normalized spacial score (nSPS) is 12.2. The summed E-state index contributed by atoms with van der Waals surface area (Å²) in [7, 11) is 1.90. The Kier molecular flexibility index (Phi) is 4.69. The van der Waals surface area contributed by atoms with Gasteiger partial charge < -0.3 is 4.52 Å². The smallest absolute Gasteiger partial charge is 0.203 e. The van der Waals surface area contributed by atoms with Crippen LogP contribution in [0.2, 0.25) is 0 Å². The van der Waals surface area contributed by atoms with Gasteiger partial charge in [-0.1, -0.05) is 42.7 Å². The number of rotatable bonds is 6. The highest BCUT2D eigenvalue weighted by Gasteiger charge is 2.07. The average molecular weight is 266 g/mol. The van der Waals surface area contributed by atoms with Gasteiger partial charge in [0.25, 0.3) is 0 Å². The van der Waals surface area contributed by atoms with E-state index < -0.39 is 0 Å². The van der Waals surface area contributed by atoms with Gasteiger partial charge in [-0.2, -0.15) is 5.10 Å². The van der Waals surface area contributed by atoms with E-state index in [4.69, 9.17) is 4.52 Å². The lowest BCUT2D eigenvalue weighted by atomic mass is 10.2. The number of hydrogen-bond donors (Lipinski definition) is 0. The van der Waals surface area contributed by atoms with E-state index in [1.165, 1.54) is 30.6 Å². The summed E-state index contributed by atoms with van der Waals surface area (Å²) >= 11 is 1.53. The molecule has 5 nitrogen and oxygen atoms in total. The maximum atomic E-state index is 5.09. The molecule has 6 heteroatoms. The molecule has 0 fully saturated rings. The number of nitrogens with zero attached hydrogens (tertiary/aromatic N) is 4. The zero-order chi connectivity index (χ0) is 12.8. The van der Waals surface area contributed by atoms with E-state index in [0.29, 0.717) is 5.76 Å². The van der Waals surface area contributed by atoms with E-state index in [1.54, 1.807) is 10.9 Å². The predicted octanol–water partition coefficient (Wildman–Crippen LogP) is 2.62. The molecular weight excluding hydrogens is 248 g/mol. The second kappa shape index (κ2) is 6.49. The van der Waals surface area contributed by atoms with Crippen LogP contribution in [0.4, 0.5) is 0 Å². The largest absolute Gasteiger partial charge is 0.354 e. The fraction of sp³-hybridized carbons (Fsp3) is 0.583. The van der Waals surface area contributed by atoms with Crippen LogP contribution in [0.15, 0.2) is 21.8 Å². The van der Waals surface area contributed by atoms with Crippen LogP contribution in [-0.2, 0) is 7.05 Å². The highest BCUT2D eigenvalue weighted by Crippen LogP contribution is 2.17. The summed E-state index contributed by atoms with van der Waals surface area (Å²) in [6.07, 6.45) is 6.55. The SMILES string of the molecule is CCCCCCN=c1sc(-c2ccno2)nn1C. The van der Waals surface area contributed by atoms with Gasteiger partial charge in [-0.3, -0.25) is 4.99 Å². The van der Waals surface area contributed by atoms with Gasteiger partial charge in [-0.25, -0.2) is 4.68 Å². The van der Waals surface area contributed by atoms with E-state index in [0.717, 1.165) is 22.8 Å². The number of aryl methyl sites for hydroxylation is 1. The first-order chi connectivity index (χ1) is 8.81. The lowest BCUT2D eigenvalue weighted by Crippen LogP contribution is -2.12. The van der Waals surface area contributed by atoms with Crippen LogP contribution in [0.25, 0.3) is 10.8 Å². The predicted molar refractivity (Wildman–Crippen MR) is 71.2 cm³/mol. The Labute approximate surface area is 110 Å². The van der Waals surface area contributed by atoms with Gasteiger partial charge in [0, 0.05) is 19.7 Å². The summed E-state index contributed by atoms with van der Waals surface area (Å²) in [6, 6.07) is 1.81. The maximum Gasteiger partial charge on any atom is 0.203 e. The van der Waals surface area contributed by atoms with Crippen LogP contribution in [0.1, 0.15) is 32.6 Å². The standard InChI is InChI=1S/C12H18N4OS/c1-3-4-5-6-8-13-12-16(2)15-11(18-12)10-7-9-14-17-10/h7,9H,3-6,8H2,1-2H3. The van der Waals surface area contributed by atoms with Crippen molar-refractivity contribution in [2.75, 3.05) is 6.54 Å². The molecule has 2 heterocycles. The Balaban J connectivity index is 2.03. The van der Waals surface area contributed by atoms with Crippen LogP contribution in [0.5, 0.6) is 0 Å². The second-order valence-corrected chi connectivity index (χ2v) is 5.09. The number of unbranched alkanes of at least 4 members (excludes halogenated alkanes) is 3. The van der Waals surface area contributed by atoms with Crippen LogP contribution in [0, 0.1) is 0 Å². The Hall–Kier alpha value is -1.43. The fourth-order valence-corrected chi connectivity index (χ4v) is 2.50. The fourth-order valence-electron chi connectivity index (χ4n) is 1.63. The van der Waals surface area contributed by atoms with Crippen LogP contribution >= 0.6 is 11.3 Å². The zero-order valence-corrected chi connectivity index (χ0v) is 11.6. The first kappa shape index (κ1) is 13.0. The Morgan fingerprint density at radius 1 is 1.39 bits per heavy atom. The molecule has 0 aromatic carbocycles. The van der Waals surface area contributed by atoms with E-state index in [1.807, 2.05) is 13.1 Å². The third kappa shape index (κ3) is 3.29. The van der Waals surface area contributed by atoms with Gasteiger partial charge in [0.05, 0.1) is 6.20 Å². The van der Waals surface area contributed by atoms with Gasteiger partial charge in [0.2, 0.25) is 4.80 Å². The first-order valence-electron chi connectivity index (χ1n) is 6.27. The summed E-state index contributed by atoms with van der Waals surface area (Å²) in [5.41, 5.74) is 0. The molecule has 18 heavy (non-hydrogen) atoms. The zero-order valence-electron chi connectivity index (χ0n) is 10.8. The third-order valence-corrected chi connectivity index (χ3v) is 3.67. The Bertz CT molecular complexity index is 527. The molecule has 2 aromatic heterocycles. The molecule has 0 unspecified atom stereocenters. The van der Waals surface area contributed by atoms with Crippen LogP contribution in [0.3, 0.4) is 0 Å². The van der Waals surface area contributed by atoms with Crippen molar-refractivity contribution in [3.05, 3.63) is 17.1 Å². The lowest BCUT2D eigenvalue weighted by Gasteiger charge is -1.93. The van der Waals surface area contributed by atoms with Crippen molar-refractivity contribution in [1.82, 2.24) is 14.9 Å². The molecule has 0 atom stereocenters. The lowest BCUT2D eigenvalue weighted by molar-refractivity contribution is 0.431. The molecule has 0 aliphatic heterocycles. The van der Waals surface area contributed by atoms with E-state index >= 15 is 0 Å². The van der Waals surface area contributed by atoms with Crippen molar-refractivity contribution in [3.63, 3.8) is 0 Å². The summed E-state index contributed by atoms with van der Waals surface area (Å²) < 4.78 is 6.88. The first-order valence-corrected chi connectivity index (χ1v) is 7.08. The van der Waals surface area contributed by atoms with Crippen molar-refractivity contribution >= 4 is 11.3 Å². The molecule has 0 aliphatic carbocycles. The monoisotopic (exact) mass is 266 g/mol. The van der Waals surface area contributed by atoms with Gasteiger partial charge in [0.15, 0.2) is 10.8 Å². The molecule has 0 aliphatic rings. The Morgan fingerprint density at radius 2 is 2.28 bits per heavy atom. The van der Waals surface area contributed by atoms with Gasteiger partial charge in [-0.15, -0.1) is 0 Å². The summed E-state index contributed by atoms with van der Waals surface area (Å²) in [5, 5.41) is 8.88.